The van der Waals surface area contributed by atoms with Gasteiger partial charge in [-0.3, -0.25) is 9.59 Å². The van der Waals surface area contributed by atoms with Gasteiger partial charge in [-0.1, -0.05) is 11.6 Å². The third kappa shape index (κ3) is 4.47. The molecule has 0 aliphatic carbocycles. The molecule has 36 heavy (non-hydrogen) atoms. The smallest absolute Gasteiger partial charge is 0.264 e. The van der Waals surface area contributed by atoms with E-state index < -0.39 is 5.82 Å². The molecule has 0 spiro atoms. The van der Waals surface area contributed by atoms with Crippen molar-refractivity contribution >= 4 is 23.2 Å². The Kier molecular flexibility index (Phi) is 5.94. The van der Waals surface area contributed by atoms with Crippen LogP contribution in [-0.2, 0) is 16.0 Å². The molecule has 2 aromatic heterocycles. The number of H-pyrrole nitrogens is 1. The van der Waals surface area contributed by atoms with E-state index in [1.54, 1.807) is 24.4 Å². The van der Waals surface area contributed by atoms with E-state index in [2.05, 4.69) is 25.8 Å². The monoisotopic (exact) mass is 511 g/mol. The van der Waals surface area contributed by atoms with Gasteiger partial charge in [-0.15, -0.1) is 0 Å². The van der Waals surface area contributed by atoms with Gasteiger partial charge in [0.1, 0.15) is 11.9 Å². The van der Waals surface area contributed by atoms with Crippen LogP contribution in [0.25, 0.3) is 11.1 Å². The number of hydrogen-bond donors (Lipinski definition) is 3. The van der Waals surface area contributed by atoms with Crippen LogP contribution in [-0.4, -0.2) is 46.4 Å². The average Bonchev–Trinajstić information content (AvgIpc) is 2.83. The fraction of sp³-hybridized carbons (Fsp3) is 0.360. The molecule has 3 N–H and O–H groups in total. The van der Waals surface area contributed by atoms with Gasteiger partial charge in [0.2, 0.25) is 11.8 Å². The number of amides is 1. The van der Waals surface area contributed by atoms with E-state index in [1.165, 1.54) is 12.1 Å². The third-order valence-electron chi connectivity index (χ3n) is 6.87. The van der Waals surface area contributed by atoms with Crippen molar-refractivity contribution in [3.63, 3.8) is 0 Å². The van der Waals surface area contributed by atoms with E-state index in [-0.39, 0.29) is 41.3 Å². The molecule has 2 unspecified atom stereocenters. The molecule has 2 saturated heterocycles. The number of piperidine rings is 1. The number of ether oxygens (including phenoxy) is 2. The Morgan fingerprint density at radius 1 is 1.22 bits per heavy atom. The topological polar surface area (TPSA) is 118 Å². The van der Waals surface area contributed by atoms with Crippen LogP contribution in [0.4, 0.5) is 10.1 Å². The maximum Gasteiger partial charge on any atom is 0.264 e. The average molecular weight is 512 g/mol. The Morgan fingerprint density at radius 2 is 2.08 bits per heavy atom. The molecule has 1 aromatic carbocycles. The summed E-state index contributed by atoms with van der Waals surface area (Å²) in [4.78, 5) is 29.0. The predicted octanol–water partition coefficient (Wildman–Crippen LogP) is 3.01. The fourth-order valence-corrected chi connectivity index (χ4v) is 5.31. The number of nitrogens with one attached hydrogen (secondary N) is 3. The van der Waals surface area contributed by atoms with Crippen LogP contribution in [0.15, 0.2) is 41.3 Å². The van der Waals surface area contributed by atoms with Gasteiger partial charge in [-0.25, -0.2) is 14.5 Å². The SMILES string of the molecule is O=C(Nc1cc(Cl)c(-c2ccc(OC3COC3)nc2)cc1F)C1CC2Cc3cc(=O)[nH]nc3[C@@H](C1)N2. The largest absolute Gasteiger partial charge is 0.469 e. The molecule has 3 aromatic rings. The number of aromatic amines is 1. The van der Waals surface area contributed by atoms with Crippen molar-refractivity contribution in [3.05, 3.63) is 69.0 Å². The molecule has 1 amide bonds. The summed E-state index contributed by atoms with van der Waals surface area (Å²) < 4.78 is 25.8. The summed E-state index contributed by atoms with van der Waals surface area (Å²) >= 11 is 6.47. The van der Waals surface area contributed by atoms with Gasteiger partial charge in [0.05, 0.1) is 35.7 Å². The molecule has 2 bridgehead atoms. The van der Waals surface area contributed by atoms with Crippen LogP contribution in [0.2, 0.25) is 5.02 Å². The Balaban J connectivity index is 1.15. The number of carbonyl (C=O) groups is 1. The summed E-state index contributed by atoms with van der Waals surface area (Å²) in [5.41, 5.74) is 2.55. The van der Waals surface area contributed by atoms with E-state index in [0.29, 0.717) is 54.5 Å². The van der Waals surface area contributed by atoms with Crippen LogP contribution in [0.3, 0.4) is 0 Å². The highest BCUT2D eigenvalue weighted by atomic mass is 35.5. The quantitative estimate of drug-likeness (QED) is 0.482. The molecule has 6 rings (SSSR count). The summed E-state index contributed by atoms with van der Waals surface area (Å²) in [7, 11) is 0. The third-order valence-corrected chi connectivity index (χ3v) is 7.18. The predicted molar refractivity (Wildman–Crippen MR) is 129 cm³/mol. The number of pyridine rings is 1. The normalized spacial score (nSPS) is 22.9. The van der Waals surface area contributed by atoms with Crippen molar-refractivity contribution in [2.24, 2.45) is 5.92 Å². The van der Waals surface area contributed by atoms with Gasteiger partial charge >= 0.3 is 0 Å². The lowest BCUT2D eigenvalue weighted by Gasteiger charge is -2.39. The number of hydrogen-bond acceptors (Lipinski definition) is 7. The number of nitrogens with zero attached hydrogens (tertiary/aromatic N) is 2. The lowest BCUT2D eigenvalue weighted by atomic mass is 9.79. The van der Waals surface area contributed by atoms with Gasteiger partial charge < -0.3 is 20.1 Å². The zero-order chi connectivity index (χ0) is 24.8. The van der Waals surface area contributed by atoms with E-state index in [1.807, 2.05) is 0 Å². The van der Waals surface area contributed by atoms with Crippen molar-refractivity contribution in [3.8, 4) is 17.0 Å². The van der Waals surface area contributed by atoms with Crippen LogP contribution in [0, 0.1) is 11.7 Å². The molecule has 0 saturated carbocycles. The minimum absolute atomic E-state index is 0.00170. The lowest BCUT2D eigenvalue weighted by Crippen LogP contribution is -2.49. The highest BCUT2D eigenvalue weighted by Crippen LogP contribution is 2.37. The second kappa shape index (κ2) is 9.27. The van der Waals surface area contributed by atoms with Crippen molar-refractivity contribution in [1.82, 2.24) is 20.5 Å². The second-order valence-electron chi connectivity index (χ2n) is 9.39. The van der Waals surface area contributed by atoms with E-state index in [0.717, 1.165) is 11.3 Å². The van der Waals surface area contributed by atoms with Gasteiger partial charge in [0, 0.05) is 41.4 Å². The zero-order valence-corrected chi connectivity index (χ0v) is 19.8. The van der Waals surface area contributed by atoms with Crippen molar-refractivity contribution in [1.29, 1.82) is 0 Å². The highest BCUT2D eigenvalue weighted by Gasteiger charge is 2.38. The summed E-state index contributed by atoms with van der Waals surface area (Å²) in [5.74, 6) is -0.735. The Labute approximate surface area is 210 Å². The number of fused-ring (bicyclic) bond motifs is 4. The van der Waals surface area contributed by atoms with Gasteiger partial charge in [0.25, 0.3) is 5.56 Å². The van der Waals surface area contributed by atoms with Gasteiger partial charge in [-0.05, 0) is 43.0 Å². The van der Waals surface area contributed by atoms with Crippen LogP contribution in [0.5, 0.6) is 5.88 Å². The Morgan fingerprint density at radius 3 is 2.83 bits per heavy atom. The maximum atomic E-state index is 15.0. The summed E-state index contributed by atoms with van der Waals surface area (Å²) in [5, 5.41) is 13.1. The number of carbonyl (C=O) groups excluding carboxylic acids is 1. The number of anilines is 1. The first-order valence-electron chi connectivity index (χ1n) is 11.8. The van der Waals surface area contributed by atoms with Crippen LogP contribution < -0.4 is 20.9 Å². The first kappa shape index (κ1) is 23.1. The molecule has 2 fully saturated rings. The van der Waals surface area contributed by atoms with Crippen molar-refractivity contribution < 1.29 is 18.7 Å². The Hall–Kier alpha value is -3.34. The molecule has 5 heterocycles. The van der Waals surface area contributed by atoms with Crippen molar-refractivity contribution in [2.45, 2.75) is 37.5 Å². The molecule has 11 heteroatoms. The first-order chi connectivity index (χ1) is 17.4. The summed E-state index contributed by atoms with van der Waals surface area (Å²) in [6, 6.07) is 7.64. The van der Waals surface area contributed by atoms with Gasteiger partial charge in [0.15, 0.2) is 0 Å². The lowest BCUT2D eigenvalue weighted by molar-refractivity contribution is -0.121. The van der Waals surface area contributed by atoms with Crippen LogP contribution >= 0.6 is 11.6 Å². The van der Waals surface area contributed by atoms with E-state index in [4.69, 9.17) is 21.1 Å². The molecule has 3 aliphatic heterocycles. The number of halogens is 2. The molecule has 0 radical (unpaired) electrons. The zero-order valence-electron chi connectivity index (χ0n) is 19.1. The molecule has 3 aliphatic rings. The molecule has 9 nitrogen and oxygen atoms in total. The highest BCUT2D eigenvalue weighted by molar-refractivity contribution is 6.33. The maximum absolute atomic E-state index is 15.0. The first-order valence-corrected chi connectivity index (χ1v) is 12.2. The second-order valence-corrected chi connectivity index (χ2v) is 9.80. The molecule has 3 atom stereocenters. The summed E-state index contributed by atoms with van der Waals surface area (Å²) in [6.45, 7) is 1.08. The molecular weight excluding hydrogens is 489 g/mol. The minimum Gasteiger partial charge on any atom is -0.469 e. The van der Waals surface area contributed by atoms with Crippen LogP contribution in [0.1, 0.15) is 30.1 Å². The van der Waals surface area contributed by atoms with Gasteiger partial charge in [-0.2, -0.15) is 5.10 Å². The van der Waals surface area contributed by atoms with E-state index >= 15 is 4.39 Å². The number of rotatable bonds is 5. The number of benzene rings is 1. The number of aromatic nitrogens is 3. The van der Waals surface area contributed by atoms with E-state index in [9.17, 15) is 9.59 Å². The summed E-state index contributed by atoms with van der Waals surface area (Å²) in [6.07, 6.45) is 3.26. The van der Waals surface area contributed by atoms with Crippen molar-refractivity contribution in [2.75, 3.05) is 18.5 Å². The molecule has 186 valence electrons. The standard InChI is InChI=1S/C25H23ClFN5O4/c26-18-8-20(19(27)7-17(18)12-1-2-23(28-9-12)36-16-10-35-11-16)30-25(34)14-4-15-3-13-6-22(33)31-32-24(13)21(5-14)29-15/h1-2,6-9,14-16,21,29H,3-5,10-11H2,(H,30,34)(H,31,33)/t14?,15?,21-/m1/s1. The molecular formula is C25H23ClFN5O4. The fourth-order valence-electron chi connectivity index (χ4n) is 5.03. The minimum atomic E-state index is -0.589. The Bertz CT molecular complexity index is 1380.